The van der Waals surface area contributed by atoms with Crippen LogP contribution in [0.1, 0.15) is 15.9 Å². The van der Waals surface area contributed by atoms with E-state index < -0.39 is 0 Å². The zero-order chi connectivity index (χ0) is 12.8. The van der Waals surface area contributed by atoms with Crippen molar-refractivity contribution in [1.82, 2.24) is 5.32 Å². The lowest BCUT2D eigenvalue weighted by atomic mass is 10.1. The summed E-state index contributed by atoms with van der Waals surface area (Å²) in [4.78, 5) is 11.3. The van der Waals surface area contributed by atoms with Gasteiger partial charge in [0, 0.05) is 22.6 Å². The predicted octanol–water partition coefficient (Wildman–Crippen LogP) is 3.08. The van der Waals surface area contributed by atoms with Crippen molar-refractivity contribution in [3.8, 4) is 0 Å². The molecule has 0 amide bonds. The lowest BCUT2D eigenvalue weighted by Crippen LogP contribution is -2.15. The van der Waals surface area contributed by atoms with Crippen LogP contribution in [0.15, 0.2) is 34.3 Å². The number of ether oxygens (including phenoxy) is 1. The van der Waals surface area contributed by atoms with Crippen LogP contribution < -0.4 is 5.32 Å². The van der Waals surface area contributed by atoms with Gasteiger partial charge < -0.3 is 10.1 Å². The normalized spacial score (nSPS) is 10.1. The van der Waals surface area contributed by atoms with Crippen molar-refractivity contribution in [3.05, 3.63) is 45.4 Å². The minimum atomic E-state index is -0.348. The van der Waals surface area contributed by atoms with Gasteiger partial charge >= 0.3 is 5.97 Å². The van der Waals surface area contributed by atoms with Gasteiger partial charge in [-0.05, 0) is 17.7 Å². The molecule has 1 aromatic rings. The third-order valence-electron chi connectivity index (χ3n) is 2.11. The summed E-state index contributed by atoms with van der Waals surface area (Å²) in [5.41, 5.74) is 1.56. The summed E-state index contributed by atoms with van der Waals surface area (Å²) in [7, 11) is 1.36. The van der Waals surface area contributed by atoms with E-state index in [0.717, 1.165) is 10.0 Å². The molecule has 1 rings (SSSR count). The lowest BCUT2D eigenvalue weighted by Gasteiger charge is -2.07. The number of halogens is 2. The van der Waals surface area contributed by atoms with E-state index in [1.54, 1.807) is 12.1 Å². The van der Waals surface area contributed by atoms with Gasteiger partial charge in [-0.2, -0.15) is 0 Å². The van der Waals surface area contributed by atoms with Crippen molar-refractivity contribution in [2.75, 3.05) is 13.7 Å². The third-order valence-corrected chi connectivity index (χ3v) is 2.98. The first-order chi connectivity index (χ1) is 8.04. The van der Waals surface area contributed by atoms with Gasteiger partial charge in [0.1, 0.15) is 0 Å². The highest BCUT2D eigenvalue weighted by molar-refractivity contribution is 9.10. The molecule has 5 heteroatoms. The third kappa shape index (κ3) is 4.50. The largest absolute Gasteiger partial charge is 0.465 e. The average Bonchev–Trinajstić information content (AvgIpc) is 2.29. The van der Waals surface area contributed by atoms with E-state index in [4.69, 9.17) is 11.6 Å². The summed E-state index contributed by atoms with van der Waals surface area (Å²) >= 11 is 9.05. The van der Waals surface area contributed by atoms with Crippen molar-refractivity contribution >= 4 is 33.5 Å². The van der Waals surface area contributed by atoms with Gasteiger partial charge in [0.15, 0.2) is 0 Å². The molecule has 0 spiro atoms. The van der Waals surface area contributed by atoms with E-state index in [9.17, 15) is 4.79 Å². The molecule has 0 atom stereocenters. The number of rotatable bonds is 5. The van der Waals surface area contributed by atoms with Crippen LogP contribution in [0.4, 0.5) is 0 Å². The number of carbonyl (C=O) groups is 1. The van der Waals surface area contributed by atoms with E-state index in [2.05, 4.69) is 32.6 Å². The van der Waals surface area contributed by atoms with E-state index in [1.165, 1.54) is 7.11 Å². The van der Waals surface area contributed by atoms with Crippen LogP contribution in [-0.4, -0.2) is 19.6 Å². The SMILES string of the molecule is C=C(Cl)CNCc1ccc(C(=O)OC)cc1Br. The Bertz CT molecular complexity index is 435. The van der Waals surface area contributed by atoms with Crippen LogP contribution in [0.3, 0.4) is 0 Å². The molecule has 0 unspecified atom stereocenters. The first-order valence-corrected chi connectivity index (χ1v) is 6.12. The van der Waals surface area contributed by atoms with Crippen LogP contribution in [0.25, 0.3) is 0 Å². The molecular formula is C12H13BrClNO2. The molecule has 1 N–H and O–H groups in total. The second-order valence-electron chi connectivity index (χ2n) is 3.42. The monoisotopic (exact) mass is 317 g/mol. The van der Waals surface area contributed by atoms with Gasteiger partial charge in [0.05, 0.1) is 12.7 Å². The second kappa shape index (κ2) is 6.79. The predicted molar refractivity (Wildman–Crippen MR) is 72.2 cm³/mol. The van der Waals surface area contributed by atoms with Crippen LogP contribution in [-0.2, 0) is 11.3 Å². The van der Waals surface area contributed by atoms with Crippen LogP contribution in [0.5, 0.6) is 0 Å². The minimum absolute atomic E-state index is 0.348. The minimum Gasteiger partial charge on any atom is -0.465 e. The zero-order valence-corrected chi connectivity index (χ0v) is 11.8. The lowest BCUT2D eigenvalue weighted by molar-refractivity contribution is 0.0600. The van der Waals surface area contributed by atoms with E-state index >= 15 is 0 Å². The average molecular weight is 319 g/mol. The molecule has 1 aromatic carbocycles. The zero-order valence-electron chi connectivity index (χ0n) is 9.43. The van der Waals surface area contributed by atoms with Crippen LogP contribution >= 0.6 is 27.5 Å². The summed E-state index contributed by atoms with van der Waals surface area (Å²) in [6.45, 7) is 4.78. The van der Waals surface area contributed by atoms with E-state index in [1.807, 2.05) is 6.07 Å². The molecule has 0 fully saturated rings. The molecule has 0 aliphatic carbocycles. The van der Waals surface area contributed by atoms with Gasteiger partial charge in [-0.25, -0.2) is 4.79 Å². The number of benzene rings is 1. The Balaban J connectivity index is 2.69. The number of esters is 1. The summed E-state index contributed by atoms with van der Waals surface area (Å²) in [5, 5.41) is 3.69. The molecule has 0 saturated carbocycles. The van der Waals surface area contributed by atoms with Crippen LogP contribution in [0, 0.1) is 0 Å². The highest BCUT2D eigenvalue weighted by Gasteiger charge is 2.08. The van der Waals surface area contributed by atoms with Gasteiger partial charge in [0.2, 0.25) is 0 Å². The summed E-state index contributed by atoms with van der Waals surface area (Å²) in [6.07, 6.45) is 0. The Labute approximate surface area is 114 Å². The second-order valence-corrected chi connectivity index (χ2v) is 4.81. The van der Waals surface area contributed by atoms with Crippen molar-refractivity contribution in [3.63, 3.8) is 0 Å². The van der Waals surface area contributed by atoms with E-state index in [0.29, 0.717) is 23.7 Å². The fourth-order valence-corrected chi connectivity index (χ4v) is 1.88. The Kier molecular flexibility index (Phi) is 5.68. The molecule has 0 bridgehead atoms. The maximum absolute atomic E-state index is 11.3. The molecule has 0 aromatic heterocycles. The van der Waals surface area contributed by atoms with Gasteiger partial charge in [-0.3, -0.25) is 0 Å². The first kappa shape index (κ1) is 14.2. The standard InChI is InChI=1S/C12H13BrClNO2/c1-8(14)6-15-7-10-4-3-9(5-11(10)13)12(16)17-2/h3-5,15H,1,6-7H2,2H3. The van der Waals surface area contributed by atoms with Crippen molar-refractivity contribution < 1.29 is 9.53 Å². The molecule has 0 aliphatic heterocycles. The number of hydrogen-bond acceptors (Lipinski definition) is 3. The molecule has 0 aliphatic rings. The van der Waals surface area contributed by atoms with Gasteiger partial charge in [-0.15, -0.1) is 0 Å². The van der Waals surface area contributed by atoms with Crippen LogP contribution in [0.2, 0.25) is 0 Å². The summed E-state index contributed by atoms with van der Waals surface area (Å²) < 4.78 is 5.49. The Morgan fingerprint density at radius 1 is 1.59 bits per heavy atom. The molecule has 0 saturated heterocycles. The van der Waals surface area contributed by atoms with Gasteiger partial charge in [-0.1, -0.05) is 40.2 Å². The Morgan fingerprint density at radius 2 is 2.29 bits per heavy atom. The molecule has 0 heterocycles. The highest BCUT2D eigenvalue weighted by Crippen LogP contribution is 2.19. The summed E-state index contributed by atoms with van der Waals surface area (Å²) in [6, 6.07) is 5.32. The van der Waals surface area contributed by atoms with Crippen molar-refractivity contribution in [1.29, 1.82) is 0 Å². The Morgan fingerprint density at radius 3 is 2.82 bits per heavy atom. The van der Waals surface area contributed by atoms with Crippen molar-refractivity contribution in [2.24, 2.45) is 0 Å². The molecule has 3 nitrogen and oxygen atoms in total. The number of methoxy groups -OCH3 is 1. The molecular weight excluding hydrogens is 305 g/mol. The molecule has 0 radical (unpaired) electrons. The molecule has 17 heavy (non-hydrogen) atoms. The smallest absolute Gasteiger partial charge is 0.337 e. The quantitative estimate of drug-likeness (QED) is 0.848. The summed E-state index contributed by atoms with van der Waals surface area (Å²) in [5.74, 6) is -0.348. The fourth-order valence-electron chi connectivity index (χ4n) is 1.27. The number of hydrogen-bond donors (Lipinski definition) is 1. The topological polar surface area (TPSA) is 38.3 Å². The first-order valence-electron chi connectivity index (χ1n) is 4.95. The highest BCUT2D eigenvalue weighted by atomic mass is 79.9. The number of nitrogens with one attached hydrogen (secondary N) is 1. The van der Waals surface area contributed by atoms with Gasteiger partial charge in [0.25, 0.3) is 0 Å². The van der Waals surface area contributed by atoms with E-state index in [-0.39, 0.29) is 5.97 Å². The number of carbonyl (C=O) groups excluding carboxylic acids is 1. The van der Waals surface area contributed by atoms with Crippen molar-refractivity contribution in [2.45, 2.75) is 6.54 Å². The maximum atomic E-state index is 11.3. The fraction of sp³-hybridized carbons (Fsp3) is 0.250. The maximum Gasteiger partial charge on any atom is 0.337 e. The molecule has 92 valence electrons. The Hall–Kier alpha value is -0.840.